The van der Waals surface area contributed by atoms with Crippen molar-refractivity contribution in [3.63, 3.8) is 0 Å². The Labute approximate surface area is 136 Å². The molecule has 20 heavy (non-hydrogen) atoms. The van der Waals surface area contributed by atoms with Crippen LogP contribution in [-0.2, 0) is 4.74 Å². The van der Waals surface area contributed by atoms with Gasteiger partial charge >= 0.3 is 0 Å². The molecule has 7 heteroatoms. The summed E-state index contributed by atoms with van der Waals surface area (Å²) in [5.41, 5.74) is 6.72. The molecule has 0 saturated carbocycles. The van der Waals surface area contributed by atoms with Gasteiger partial charge in [0.2, 0.25) is 0 Å². The molecule has 5 nitrogen and oxygen atoms in total. The number of aromatic nitrogens is 2. The van der Waals surface area contributed by atoms with Gasteiger partial charge in [-0.05, 0) is 47.2 Å². The Balaban J connectivity index is 2.09. The number of nitrogens with zero attached hydrogens (tertiary/aromatic N) is 2. The van der Waals surface area contributed by atoms with Crippen molar-refractivity contribution in [2.75, 3.05) is 13.2 Å². The molecule has 1 unspecified atom stereocenters. The average molecular weight is 408 g/mol. The summed E-state index contributed by atoms with van der Waals surface area (Å²) in [6, 6.07) is 5.18. The van der Waals surface area contributed by atoms with Gasteiger partial charge in [-0.3, -0.25) is 0 Å². The van der Waals surface area contributed by atoms with Crippen molar-refractivity contribution in [2.24, 2.45) is 5.73 Å². The zero-order valence-electron chi connectivity index (χ0n) is 11.0. The fourth-order valence-corrected chi connectivity index (χ4v) is 2.08. The number of nitrogens with two attached hydrogens (primary N) is 1. The maximum Gasteiger partial charge on any atom is 0.258 e. The summed E-state index contributed by atoms with van der Waals surface area (Å²) < 4.78 is 11.6. The van der Waals surface area contributed by atoms with Gasteiger partial charge < -0.3 is 15.0 Å². The molecule has 0 aliphatic heterocycles. The van der Waals surface area contributed by atoms with Crippen LogP contribution in [0.15, 0.2) is 22.7 Å². The molecule has 1 heterocycles. The SMILES string of the molecule is CCCOCC(N)c1noc(-c2ccc(I)c(Cl)c2)n1. The molecule has 1 aromatic heterocycles. The predicted octanol–water partition coefficient (Wildman–Crippen LogP) is 3.42. The van der Waals surface area contributed by atoms with Crippen LogP contribution in [0.4, 0.5) is 0 Å². The van der Waals surface area contributed by atoms with Crippen molar-refractivity contribution in [1.29, 1.82) is 0 Å². The molecule has 2 N–H and O–H groups in total. The van der Waals surface area contributed by atoms with Crippen LogP contribution in [0.2, 0.25) is 5.02 Å². The fraction of sp³-hybridized carbons (Fsp3) is 0.385. The molecule has 0 spiro atoms. The molecule has 0 bridgehead atoms. The number of benzene rings is 1. The molecule has 0 aliphatic carbocycles. The first-order chi connectivity index (χ1) is 9.61. The Morgan fingerprint density at radius 2 is 2.30 bits per heavy atom. The number of hydrogen-bond acceptors (Lipinski definition) is 5. The van der Waals surface area contributed by atoms with Gasteiger partial charge in [0.15, 0.2) is 5.82 Å². The number of ether oxygens (including phenoxy) is 1. The van der Waals surface area contributed by atoms with E-state index in [1.807, 2.05) is 19.1 Å². The Kier molecular flexibility index (Phi) is 5.76. The Hall–Kier alpha value is -0.700. The highest BCUT2D eigenvalue weighted by atomic mass is 127. The summed E-state index contributed by atoms with van der Waals surface area (Å²) in [7, 11) is 0. The van der Waals surface area contributed by atoms with Crippen molar-refractivity contribution in [2.45, 2.75) is 19.4 Å². The lowest BCUT2D eigenvalue weighted by Crippen LogP contribution is -2.18. The summed E-state index contributed by atoms with van der Waals surface area (Å²) in [5.74, 6) is 0.843. The molecule has 0 fully saturated rings. The van der Waals surface area contributed by atoms with Gasteiger partial charge in [-0.15, -0.1) is 0 Å². The van der Waals surface area contributed by atoms with E-state index in [9.17, 15) is 0 Å². The molecular weight excluding hydrogens is 393 g/mol. The van der Waals surface area contributed by atoms with Crippen LogP contribution in [0.3, 0.4) is 0 Å². The highest BCUT2D eigenvalue weighted by Gasteiger charge is 2.16. The molecule has 2 aromatic rings. The quantitative estimate of drug-likeness (QED) is 0.587. The van der Waals surface area contributed by atoms with Crippen LogP contribution in [0.5, 0.6) is 0 Å². The van der Waals surface area contributed by atoms with Crippen molar-refractivity contribution < 1.29 is 9.26 Å². The molecule has 1 atom stereocenters. The van der Waals surface area contributed by atoms with Crippen LogP contribution in [0, 0.1) is 3.57 Å². The van der Waals surface area contributed by atoms with Gasteiger partial charge in [-0.1, -0.05) is 23.7 Å². The summed E-state index contributed by atoms with van der Waals surface area (Å²) in [6.45, 7) is 3.09. The van der Waals surface area contributed by atoms with Gasteiger partial charge in [-0.25, -0.2) is 0 Å². The van der Waals surface area contributed by atoms with Gasteiger partial charge in [-0.2, -0.15) is 4.98 Å². The van der Waals surface area contributed by atoms with Crippen LogP contribution in [0.1, 0.15) is 25.2 Å². The van der Waals surface area contributed by atoms with Crippen LogP contribution < -0.4 is 5.73 Å². The molecule has 108 valence electrons. The Morgan fingerprint density at radius 3 is 3.00 bits per heavy atom. The molecule has 1 aromatic carbocycles. The second-order valence-corrected chi connectivity index (χ2v) is 5.84. The fourth-order valence-electron chi connectivity index (χ4n) is 1.56. The van der Waals surface area contributed by atoms with E-state index in [2.05, 4.69) is 32.7 Å². The maximum atomic E-state index is 6.08. The normalized spacial score (nSPS) is 12.6. The highest BCUT2D eigenvalue weighted by Crippen LogP contribution is 2.26. The average Bonchev–Trinajstić information content (AvgIpc) is 2.92. The Bertz CT molecular complexity index is 576. The molecular formula is C13H15ClIN3O2. The lowest BCUT2D eigenvalue weighted by Gasteiger charge is -2.06. The van der Waals surface area contributed by atoms with Crippen molar-refractivity contribution in [3.05, 3.63) is 32.6 Å². The van der Waals surface area contributed by atoms with E-state index >= 15 is 0 Å². The molecule has 2 rings (SSSR count). The lowest BCUT2D eigenvalue weighted by atomic mass is 10.2. The third kappa shape index (κ3) is 3.91. The third-order valence-electron chi connectivity index (χ3n) is 2.59. The van der Waals surface area contributed by atoms with E-state index < -0.39 is 6.04 Å². The molecule has 0 saturated heterocycles. The van der Waals surface area contributed by atoms with Crippen LogP contribution >= 0.6 is 34.2 Å². The third-order valence-corrected chi connectivity index (χ3v) is 4.16. The minimum atomic E-state index is -0.390. The Morgan fingerprint density at radius 1 is 1.50 bits per heavy atom. The first kappa shape index (κ1) is 15.7. The number of halogens is 2. The second kappa shape index (κ2) is 7.35. The highest BCUT2D eigenvalue weighted by molar-refractivity contribution is 14.1. The van der Waals surface area contributed by atoms with Gasteiger partial charge in [0.05, 0.1) is 17.7 Å². The zero-order chi connectivity index (χ0) is 14.5. The summed E-state index contributed by atoms with van der Waals surface area (Å²) in [4.78, 5) is 4.29. The molecule has 0 amide bonds. The standard InChI is InChI=1S/C13H15ClIN3O2/c1-2-5-19-7-11(16)12-17-13(20-18-12)8-3-4-10(15)9(14)6-8/h3-4,6,11H,2,5,7,16H2,1H3. The largest absolute Gasteiger partial charge is 0.379 e. The zero-order valence-corrected chi connectivity index (χ0v) is 13.9. The van der Waals surface area contributed by atoms with E-state index in [1.54, 1.807) is 6.07 Å². The molecule has 0 aliphatic rings. The van der Waals surface area contributed by atoms with E-state index in [4.69, 9.17) is 26.6 Å². The first-order valence-electron chi connectivity index (χ1n) is 6.24. The van der Waals surface area contributed by atoms with Crippen LogP contribution in [-0.4, -0.2) is 23.4 Å². The van der Waals surface area contributed by atoms with Gasteiger partial charge in [0.1, 0.15) is 0 Å². The minimum Gasteiger partial charge on any atom is -0.379 e. The summed E-state index contributed by atoms with van der Waals surface area (Å²) >= 11 is 8.24. The maximum absolute atomic E-state index is 6.08. The number of rotatable bonds is 6. The van der Waals surface area contributed by atoms with Crippen molar-refractivity contribution in [1.82, 2.24) is 10.1 Å². The van der Waals surface area contributed by atoms with Gasteiger partial charge in [0, 0.05) is 15.7 Å². The monoisotopic (exact) mass is 407 g/mol. The first-order valence-corrected chi connectivity index (χ1v) is 7.69. The summed E-state index contributed by atoms with van der Waals surface area (Å²) in [6.07, 6.45) is 0.950. The summed E-state index contributed by atoms with van der Waals surface area (Å²) in [5, 5.41) is 4.54. The van der Waals surface area contributed by atoms with E-state index in [1.165, 1.54) is 0 Å². The minimum absolute atomic E-state index is 0.375. The van der Waals surface area contributed by atoms with E-state index in [-0.39, 0.29) is 0 Å². The lowest BCUT2D eigenvalue weighted by molar-refractivity contribution is 0.119. The van der Waals surface area contributed by atoms with Crippen molar-refractivity contribution in [3.8, 4) is 11.5 Å². The topological polar surface area (TPSA) is 74.2 Å². The van der Waals surface area contributed by atoms with Crippen LogP contribution in [0.25, 0.3) is 11.5 Å². The second-order valence-electron chi connectivity index (χ2n) is 4.27. The van der Waals surface area contributed by atoms with E-state index in [0.717, 1.165) is 15.6 Å². The van der Waals surface area contributed by atoms with E-state index in [0.29, 0.717) is 30.0 Å². The van der Waals surface area contributed by atoms with Gasteiger partial charge in [0.25, 0.3) is 5.89 Å². The van der Waals surface area contributed by atoms with Crippen molar-refractivity contribution >= 4 is 34.2 Å². The smallest absolute Gasteiger partial charge is 0.258 e. The molecule has 0 radical (unpaired) electrons. The number of hydrogen-bond donors (Lipinski definition) is 1. The predicted molar refractivity (Wildman–Crippen MR) is 85.5 cm³/mol.